The molecule has 8 heteroatoms. The summed E-state index contributed by atoms with van der Waals surface area (Å²) in [6, 6.07) is -0.178. The zero-order valence-corrected chi connectivity index (χ0v) is 16.2. The number of aromatic nitrogens is 2. The highest BCUT2D eigenvalue weighted by molar-refractivity contribution is 5.76. The molecule has 0 radical (unpaired) electrons. The minimum atomic E-state index is -0.161. The van der Waals surface area contributed by atoms with E-state index in [1.165, 1.54) is 0 Å². The summed E-state index contributed by atoms with van der Waals surface area (Å²) in [4.78, 5) is 30.3. The maximum Gasteiger partial charge on any atom is 0.318 e. The van der Waals surface area contributed by atoms with Gasteiger partial charge in [-0.1, -0.05) is 19.0 Å². The highest BCUT2D eigenvalue weighted by atomic mass is 16.5. The number of aryl methyl sites for hydroxylation is 1. The van der Waals surface area contributed by atoms with Crippen LogP contribution in [0.15, 0.2) is 4.52 Å². The second-order valence-corrected chi connectivity index (χ2v) is 7.53. The van der Waals surface area contributed by atoms with E-state index in [2.05, 4.69) is 34.6 Å². The van der Waals surface area contributed by atoms with E-state index in [-0.39, 0.29) is 24.0 Å². The van der Waals surface area contributed by atoms with Gasteiger partial charge in [-0.2, -0.15) is 4.98 Å². The van der Waals surface area contributed by atoms with Crippen LogP contribution in [0.2, 0.25) is 0 Å². The fourth-order valence-electron chi connectivity index (χ4n) is 2.92. The molecule has 0 saturated carbocycles. The lowest BCUT2D eigenvalue weighted by Crippen LogP contribution is -2.42. The van der Waals surface area contributed by atoms with E-state index in [0.717, 1.165) is 19.3 Å². The largest absolute Gasteiger partial charge is 0.356 e. The number of hydrogen-bond donors (Lipinski definition) is 2. The van der Waals surface area contributed by atoms with Gasteiger partial charge in [-0.15, -0.1) is 0 Å². The molecule has 3 amide bonds. The van der Waals surface area contributed by atoms with Gasteiger partial charge in [-0.25, -0.2) is 4.79 Å². The van der Waals surface area contributed by atoms with Crippen LogP contribution in [0.25, 0.3) is 0 Å². The van der Waals surface area contributed by atoms with Gasteiger partial charge in [0.1, 0.15) is 0 Å². The first kappa shape index (κ1) is 20.2. The van der Waals surface area contributed by atoms with Gasteiger partial charge in [0.05, 0.1) is 6.04 Å². The first-order chi connectivity index (χ1) is 12.4. The standard InChI is InChI=1S/C18H31N5O3/c1-12(2)9-10-19-15(24)7-8-16-21-17(22-26-16)14-6-5-11-23(14)18(25)20-13(3)4/h12-14H,5-11H2,1-4H3,(H,19,24)(H,20,25). The van der Waals surface area contributed by atoms with Crippen LogP contribution >= 0.6 is 0 Å². The van der Waals surface area contributed by atoms with E-state index >= 15 is 0 Å². The molecular weight excluding hydrogens is 334 g/mol. The number of nitrogens with zero attached hydrogens (tertiary/aromatic N) is 3. The summed E-state index contributed by atoms with van der Waals surface area (Å²) < 4.78 is 5.28. The molecule has 8 nitrogen and oxygen atoms in total. The molecule has 2 rings (SSSR count). The summed E-state index contributed by atoms with van der Waals surface area (Å²) >= 11 is 0. The smallest absolute Gasteiger partial charge is 0.318 e. The summed E-state index contributed by atoms with van der Waals surface area (Å²) in [5.41, 5.74) is 0. The molecule has 0 bridgehead atoms. The van der Waals surface area contributed by atoms with Crippen molar-refractivity contribution in [1.29, 1.82) is 0 Å². The molecule has 0 aromatic carbocycles. The average molecular weight is 365 g/mol. The van der Waals surface area contributed by atoms with Crippen molar-refractivity contribution in [2.45, 2.75) is 71.9 Å². The van der Waals surface area contributed by atoms with Crippen LogP contribution in [0.4, 0.5) is 4.79 Å². The van der Waals surface area contributed by atoms with Gasteiger partial charge in [0, 0.05) is 32.0 Å². The van der Waals surface area contributed by atoms with E-state index < -0.39 is 0 Å². The number of rotatable bonds is 8. The van der Waals surface area contributed by atoms with Crippen molar-refractivity contribution < 1.29 is 14.1 Å². The first-order valence-electron chi connectivity index (χ1n) is 9.53. The molecule has 1 aromatic heterocycles. The molecule has 1 atom stereocenters. The van der Waals surface area contributed by atoms with Gasteiger partial charge in [0.2, 0.25) is 11.8 Å². The highest BCUT2D eigenvalue weighted by Gasteiger charge is 2.33. The number of likely N-dealkylation sites (tertiary alicyclic amines) is 1. The Morgan fingerprint density at radius 1 is 1.31 bits per heavy atom. The number of amides is 3. The lowest BCUT2D eigenvalue weighted by Gasteiger charge is -2.23. The molecule has 1 unspecified atom stereocenters. The molecule has 26 heavy (non-hydrogen) atoms. The van der Waals surface area contributed by atoms with Crippen LogP contribution in [0.5, 0.6) is 0 Å². The van der Waals surface area contributed by atoms with Gasteiger partial charge in [-0.3, -0.25) is 4.79 Å². The molecule has 0 spiro atoms. The Kier molecular flexibility index (Phi) is 7.41. The Morgan fingerprint density at radius 2 is 2.08 bits per heavy atom. The van der Waals surface area contributed by atoms with Gasteiger partial charge in [0.25, 0.3) is 0 Å². The van der Waals surface area contributed by atoms with E-state index in [9.17, 15) is 9.59 Å². The van der Waals surface area contributed by atoms with Crippen LogP contribution in [-0.2, 0) is 11.2 Å². The number of urea groups is 1. The number of carbonyl (C=O) groups is 2. The van der Waals surface area contributed by atoms with Gasteiger partial charge >= 0.3 is 6.03 Å². The third-order valence-electron chi connectivity index (χ3n) is 4.32. The van der Waals surface area contributed by atoms with Crippen molar-refractivity contribution in [2.75, 3.05) is 13.1 Å². The van der Waals surface area contributed by atoms with Crippen molar-refractivity contribution in [3.63, 3.8) is 0 Å². The van der Waals surface area contributed by atoms with Gasteiger partial charge < -0.3 is 20.1 Å². The normalized spacial score (nSPS) is 17.2. The fraction of sp³-hybridized carbons (Fsp3) is 0.778. The maximum atomic E-state index is 12.3. The molecule has 0 aliphatic carbocycles. The fourth-order valence-corrected chi connectivity index (χ4v) is 2.92. The minimum absolute atomic E-state index is 0.01000. The maximum absolute atomic E-state index is 12.3. The Balaban J connectivity index is 1.84. The van der Waals surface area contributed by atoms with Crippen molar-refractivity contribution in [2.24, 2.45) is 5.92 Å². The quantitative estimate of drug-likeness (QED) is 0.737. The van der Waals surface area contributed by atoms with Gasteiger partial charge in [-0.05, 0) is 39.0 Å². The topological polar surface area (TPSA) is 100 Å². The molecule has 146 valence electrons. The summed E-state index contributed by atoms with van der Waals surface area (Å²) in [6.07, 6.45) is 3.43. The average Bonchev–Trinajstić information content (AvgIpc) is 3.20. The van der Waals surface area contributed by atoms with E-state index in [1.807, 2.05) is 13.8 Å². The molecule has 2 N–H and O–H groups in total. The van der Waals surface area contributed by atoms with Crippen molar-refractivity contribution in [1.82, 2.24) is 25.7 Å². The number of hydrogen-bond acceptors (Lipinski definition) is 5. The molecule has 1 aromatic rings. The van der Waals surface area contributed by atoms with Crippen molar-refractivity contribution in [3.8, 4) is 0 Å². The van der Waals surface area contributed by atoms with Crippen LogP contribution in [0.3, 0.4) is 0 Å². The van der Waals surface area contributed by atoms with E-state index in [1.54, 1.807) is 4.90 Å². The lowest BCUT2D eigenvalue weighted by molar-refractivity contribution is -0.121. The predicted octanol–water partition coefficient (Wildman–Crippen LogP) is 2.42. The van der Waals surface area contributed by atoms with E-state index in [0.29, 0.717) is 43.6 Å². The second-order valence-electron chi connectivity index (χ2n) is 7.53. The molecular formula is C18H31N5O3. The summed E-state index contributed by atoms with van der Waals surface area (Å²) in [6.45, 7) is 9.49. The second kappa shape index (κ2) is 9.54. The van der Waals surface area contributed by atoms with E-state index in [4.69, 9.17) is 4.52 Å². The lowest BCUT2D eigenvalue weighted by atomic mass is 10.1. The van der Waals surface area contributed by atoms with Crippen LogP contribution < -0.4 is 10.6 Å². The number of carbonyl (C=O) groups excluding carboxylic acids is 2. The Morgan fingerprint density at radius 3 is 2.77 bits per heavy atom. The van der Waals surface area contributed by atoms with Crippen molar-refractivity contribution >= 4 is 11.9 Å². The summed E-state index contributed by atoms with van der Waals surface area (Å²) in [5.74, 6) is 1.52. The molecule has 1 saturated heterocycles. The summed E-state index contributed by atoms with van der Waals surface area (Å²) in [5, 5.41) is 9.84. The minimum Gasteiger partial charge on any atom is -0.356 e. The SMILES string of the molecule is CC(C)CCNC(=O)CCc1nc(C2CCCN2C(=O)NC(C)C)no1. The zero-order chi connectivity index (χ0) is 19.1. The predicted molar refractivity (Wildman–Crippen MR) is 97.4 cm³/mol. The first-order valence-corrected chi connectivity index (χ1v) is 9.53. The Hall–Kier alpha value is -2.12. The number of nitrogens with one attached hydrogen (secondary N) is 2. The molecule has 1 aliphatic heterocycles. The molecule has 1 aliphatic rings. The monoisotopic (exact) mass is 365 g/mol. The molecule has 2 heterocycles. The van der Waals surface area contributed by atoms with Crippen LogP contribution in [0.1, 0.15) is 71.1 Å². The highest BCUT2D eigenvalue weighted by Crippen LogP contribution is 2.30. The van der Waals surface area contributed by atoms with Crippen molar-refractivity contribution in [3.05, 3.63) is 11.7 Å². The van der Waals surface area contributed by atoms with Gasteiger partial charge in [0.15, 0.2) is 5.82 Å². The third-order valence-corrected chi connectivity index (χ3v) is 4.32. The zero-order valence-electron chi connectivity index (χ0n) is 16.2. The molecule has 1 fully saturated rings. The Bertz CT molecular complexity index is 599. The van der Waals surface area contributed by atoms with Crippen LogP contribution in [-0.4, -0.2) is 46.1 Å². The summed E-state index contributed by atoms with van der Waals surface area (Å²) in [7, 11) is 0. The van der Waals surface area contributed by atoms with Crippen LogP contribution in [0, 0.1) is 5.92 Å². The Labute approximate surface area is 155 Å². The third kappa shape index (κ3) is 6.00.